The molecule has 0 aromatic heterocycles. The molecule has 4 rings (SSSR count). The van der Waals surface area contributed by atoms with Crippen LogP contribution in [0.5, 0.6) is 0 Å². The van der Waals surface area contributed by atoms with Crippen molar-refractivity contribution in [3.63, 3.8) is 0 Å². The molecule has 6 nitrogen and oxygen atoms in total. The van der Waals surface area contributed by atoms with E-state index >= 15 is 0 Å². The molecule has 0 bridgehead atoms. The van der Waals surface area contributed by atoms with Crippen LogP contribution < -0.4 is 10.2 Å². The van der Waals surface area contributed by atoms with Crippen LogP contribution in [0.1, 0.15) is 59.2 Å². The van der Waals surface area contributed by atoms with Crippen molar-refractivity contribution < 1.29 is 26.4 Å². The summed E-state index contributed by atoms with van der Waals surface area (Å²) in [6, 6.07) is 21.0. The van der Waals surface area contributed by atoms with E-state index in [1.807, 2.05) is 12.1 Å². The number of halogens is 3. The van der Waals surface area contributed by atoms with Crippen LogP contribution in [-0.2, 0) is 22.6 Å². The Morgan fingerprint density at radius 2 is 1.68 bits per heavy atom. The first kappa shape index (κ1) is 29.2. The lowest BCUT2D eigenvalue weighted by Gasteiger charge is -2.26. The van der Waals surface area contributed by atoms with Gasteiger partial charge in [-0.25, -0.2) is 8.42 Å². The largest absolute Gasteiger partial charge is 0.416 e. The summed E-state index contributed by atoms with van der Waals surface area (Å²) in [5.74, 6) is -0.236. The first-order valence-corrected chi connectivity index (χ1v) is 14.7. The first-order valence-electron chi connectivity index (χ1n) is 13.0. The van der Waals surface area contributed by atoms with Crippen molar-refractivity contribution in [1.29, 1.82) is 5.26 Å². The van der Waals surface area contributed by atoms with E-state index in [4.69, 9.17) is 5.26 Å². The Kier molecular flexibility index (Phi) is 8.84. The minimum Gasteiger partial charge on any atom is -0.368 e. The molecule has 1 heterocycles. The van der Waals surface area contributed by atoms with Gasteiger partial charge >= 0.3 is 6.18 Å². The zero-order valence-corrected chi connectivity index (χ0v) is 22.8. The molecule has 1 saturated heterocycles. The maximum absolute atomic E-state index is 13.0. The van der Waals surface area contributed by atoms with E-state index in [0.29, 0.717) is 31.4 Å². The fourth-order valence-electron chi connectivity index (χ4n) is 4.99. The van der Waals surface area contributed by atoms with E-state index in [-0.39, 0.29) is 35.1 Å². The number of anilines is 1. The topological polar surface area (TPSA) is 90.3 Å². The zero-order chi connectivity index (χ0) is 28.9. The number of benzene rings is 3. The lowest BCUT2D eigenvalue weighted by molar-refractivity contribution is -0.137. The van der Waals surface area contributed by atoms with Crippen LogP contribution in [0.3, 0.4) is 0 Å². The van der Waals surface area contributed by atoms with Gasteiger partial charge in [0, 0.05) is 42.7 Å². The number of nitrogens with zero attached hydrogens (tertiary/aromatic N) is 2. The molecule has 3 aromatic carbocycles. The van der Waals surface area contributed by atoms with Crippen molar-refractivity contribution in [3.05, 3.63) is 95.1 Å². The summed E-state index contributed by atoms with van der Waals surface area (Å²) in [5.41, 5.74) is 2.26. The molecule has 1 amide bonds. The molecule has 1 aliphatic rings. The SMILES string of the molecule is CCS(=O)(=O)c1ccc(CNC(=O)c2ccc(N3CC(c4ccc(C(F)(F)F)cc4)C[C@H]3CCC#N)cc2)cc1. The lowest BCUT2D eigenvalue weighted by atomic mass is 9.94. The van der Waals surface area contributed by atoms with Gasteiger partial charge in [0.1, 0.15) is 0 Å². The smallest absolute Gasteiger partial charge is 0.368 e. The van der Waals surface area contributed by atoms with Gasteiger partial charge in [-0.2, -0.15) is 18.4 Å². The van der Waals surface area contributed by atoms with E-state index < -0.39 is 21.6 Å². The number of nitriles is 1. The predicted molar refractivity (Wildman–Crippen MR) is 147 cm³/mol. The van der Waals surface area contributed by atoms with Crippen LogP contribution in [0.4, 0.5) is 18.9 Å². The van der Waals surface area contributed by atoms with Crippen LogP contribution in [0.25, 0.3) is 0 Å². The zero-order valence-electron chi connectivity index (χ0n) is 22.0. The van der Waals surface area contributed by atoms with Gasteiger partial charge in [-0.05, 0) is 72.5 Å². The molecular weight excluding hydrogens is 539 g/mol. The fourth-order valence-corrected chi connectivity index (χ4v) is 5.88. The minimum atomic E-state index is -4.38. The Hall–Kier alpha value is -3.84. The standard InChI is InChI=1S/C30H30F3N3O3S/c1-2-40(38,39)28-15-5-21(6-16-28)19-35-29(37)23-9-13-26(14-10-23)36-20-24(18-27(36)4-3-17-34)22-7-11-25(12-8-22)30(31,32)33/h5-16,24,27H,2-4,18-20H2,1H3,(H,35,37)/t24?,27-/m1/s1. The van der Waals surface area contributed by atoms with Crippen molar-refractivity contribution in [3.8, 4) is 6.07 Å². The second kappa shape index (κ2) is 12.1. The minimum absolute atomic E-state index is 0.0191. The van der Waals surface area contributed by atoms with Gasteiger partial charge in [-0.1, -0.05) is 31.2 Å². The van der Waals surface area contributed by atoms with Gasteiger partial charge in [-0.15, -0.1) is 0 Å². The van der Waals surface area contributed by atoms with Crippen LogP contribution in [-0.4, -0.2) is 32.7 Å². The third-order valence-corrected chi connectivity index (χ3v) is 9.04. The summed E-state index contributed by atoms with van der Waals surface area (Å²) in [4.78, 5) is 15.1. The van der Waals surface area contributed by atoms with E-state index in [1.165, 1.54) is 24.3 Å². The van der Waals surface area contributed by atoms with Crippen molar-refractivity contribution in [2.75, 3.05) is 17.2 Å². The fraction of sp³-hybridized carbons (Fsp3) is 0.333. The van der Waals surface area contributed by atoms with Gasteiger partial charge in [0.25, 0.3) is 5.91 Å². The van der Waals surface area contributed by atoms with Crippen LogP contribution >= 0.6 is 0 Å². The number of hydrogen-bond acceptors (Lipinski definition) is 5. The summed E-state index contributed by atoms with van der Waals surface area (Å²) in [7, 11) is -3.28. The average molecular weight is 570 g/mol. The molecule has 1 unspecified atom stereocenters. The molecule has 0 aliphatic carbocycles. The Morgan fingerprint density at radius 3 is 2.25 bits per heavy atom. The second-order valence-electron chi connectivity index (χ2n) is 9.83. The van der Waals surface area contributed by atoms with Crippen LogP contribution in [0, 0.1) is 11.3 Å². The van der Waals surface area contributed by atoms with Crippen molar-refractivity contribution >= 4 is 21.4 Å². The molecule has 210 valence electrons. The number of alkyl halides is 3. The predicted octanol–water partition coefficient (Wildman–Crippen LogP) is 6.10. The highest BCUT2D eigenvalue weighted by atomic mass is 32.2. The van der Waals surface area contributed by atoms with Crippen molar-refractivity contribution in [2.45, 2.75) is 55.8 Å². The maximum atomic E-state index is 13.0. The van der Waals surface area contributed by atoms with Crippen molar-refractivity contribution in [1.82, 2.24) is 5.32 Å². The molecule has 2 atom stereocenters. The summed E-state index contributed by atoms with van der Waals surface area (Å²) in [5, 5.41) is 12.0. The molecule has 40 heavy (non-hydrogen) atoms. The summed E-state index contributed by atoms with van der Waals surface area (Å²) in [6.45, 7) is 2.42. The monoisotopic (exact) mass is 569 g/mol. The first-order chi connectivity index (χ1) is 19.0. The number of carbonyl (C=O) groups is 1. The normalized spacial score (nSPS) is 17.4. The number of nitrogens with one attached hydrogen (secondary N) is 1. The molecule has 0 radical (unpaired) electrons. The Labute approximate surface area is 232 Å². The van der Waals surface area contributed by atoms with Gasteiger partial charge in [0.05, 0.1) is 22.3 Å². The number of amides is 1. The molecule has 3 aromatic rings. The number of carbonyl (C=O) groups excluding carboxylic acids is 1. The maximum Gasteiger partial charge on any atom is 0.416 e. The Balaban J connectivity index is 1.42. The Bertz CT molecular complexity index is 1460. The van der Waals surface area contributed by atoms with E-state index in [0.717, 1.165) is 28.9 Å². The van der Waals surface area contributed by atoms with E-state index in [2.05, 4.69) is 16.3 Å². The van der Waals surface area contributed by atoms with Crippen LogP contribution in [0.15, 0.2) is 77.7 Å². The highest BCUT2D eigenvalue weighted by molar-refractivity contribution is 7.91. The highest BCUT2D eigenvalue weighted by Gasteiger charge is 2.34. The van der Waals surface area contributed by atoms with E-state index in [1.54, 1.807) is 31.2 Å². The third-order valence-electron chi connectivity index (χ3n) is 7.29. The molecule has 1 N–H and O–H groups in total. The third kappa shape index (κ3) is 6.83. The summed E-state index contributed by atoms with van der Waals surface area (Å²) in [6.07, 6.45) is -2.67. The number of sulfone groups is 1. The van der Waals surface area contributed by atoms with E-state index in [9.17, 15) is 26.4 Å². The summed E-state index contributed by atoms with van der Waals surface area (Å²) < 4.78 is 62.9. The molecule has 1 aliphatic heterocycles. The molecule has 0 saturated carbocycles. The Morgan fingerprint density at radius 1 is 1.02 bits per heavy atom. The molecule has 10 heteroatoms. The van der Waals surface area contributed by atoms with Gasteiger partial charge < -0.3 is 10.2 Å². The molecular formula is C30H30F3N3O3S. The molecule has 0 spiro atoms. The van der Waals surface area contributed by atoms with Gasteiger partial charge in [-0.3, -0.25) is 4.79 Å². The van der Waals surface area contributed by atoms with Gasteiger partial charge in [0.15, 0.2) is 9.84 Å². The average Bonchev–Trinajstić information content (AvgIpc) is 3.39. The van der Waals surface area contributed by atoms with Gasteiger partial charge in [0.2, 0.25) is 0 Å². The van der Waals surface area contributed by atoms with Crippen molar-refractivity contribution in [2.24, 2.45) is 0 Å². The second-order valence-corrected chi connectivity index (χ2v) is 12.1. The quantitative estimate of drug-likeness (QED) is 0.337. The summed E-state index contributed by atoms with van der Waals surface area (Å²) >= 11 is 0. The van der Waals surface area contributed by atoms with Crippen LogP contribution in [0.2, 0.25) is 0 Å². The number of rotatable bonds is 9. The highest BCUT2D eigenvalue weighted by Crippen LogP contribution is 2.38. The molecule has 1 fully saturated rings. The lowest BCUT2D eigenvalue weighted by Crippen LogP contribution is -2.29. The number of hydrogen-bond donors (Lipinski definition) is 1.